The Morgan fingerprint density at radius 2 is 1.77 bits per heavy atom. The zero-order valence-corrected chi connectivity index (χ0v) is 21.6. The molecule has 3 aliphatic heterocycles. The molecule has 0 spiro atoms. The molecular formula is C29H32N6O4. The number of carbonyl (C=O) groups is 3. The van der Waals surface area contributed by atoms with Crippen molar-refractivity contribution >= 4 is 23.4 Å². The van der Waals surface area contributed by atoms with E-state index in [0.29, 0.717) is 29.4 Å². The summed E-state index contributed by atoms with van der Waals surface area (Å²) in [6, 6.07) is 15.3. The second-order valence-corrected chi connectivity index (χ2v) is 10.5. The monoisotopic (exact) mass is 528 g/mol. The van der Waals surface area contributed by atoms with Crippen LogP contribution in [0.2, 0.25) is 0 Å². The van der Waals surface area contributed by atoms with Crippen LogP contribution in [0.1, 0.15) is 65.0 Å². The number of aromatic nitrogens is 2. The van der Waals surface area contributed by atoms with Crippen molar-refractivity contribution in [2.75, 3.05) is 18.4 Å². The molecule has 0 radical (unpaired) electrons. The van der Waals surface area contributed by atoms with Crippen molar-refractivity contribution in [1.29, 1.82) is 0 Å². The molecule has 2 atom stereocenters. The number of hydrogen-bond donors (Lipinski definition) is 3. The number of amides is 3. The van der Waals surface area contributed by atoms with Crippen LogP contribution in [0.25, 0.3) is 0 Å². The standard InChI is InChI=1S/C29H32N6O4/c36-25-10-9-24(27(37)32-25)35-28(38)22-7-4-8-23(26(22)29(35)39)30-15-20-16-31-34(18-20)21-11-13-33(14-12-21)17-19-5-2-1-3-6-19/h1-8,16,18,21,24,28,30,38H,9-15,17H2,(H,32,36,37). The largest absolute Gasteiger partial charge is 0.380 e. The van der Waals surface area contributed by atoms with E-state index in [1.807, 2.05) is 16.9 Å². The van der Waals surface area contributed by atoms with Gasteiger partial charge in [-0.05, 0) is 30.9 Å². The molecule has 0 aliphatic carbocycles. The predicted octanol–water partition coefficient (Wildman–Crippen LogP) is 2.58. The van der Waals surface area contributed by atoms with Crippen molar-refractivity contribution in [2.24, 2.45) is 0 Å². The quantitative estimate of drug-likeness (QED) is 0.403. The minimum Gasteiger partial charge on any atom is -0.380 e. The molecule has 3 aromatic rings. The van der Waals surface area contributed by atoms with Gasteiger partial charge in [-0.2, -0.15) is 5.10 Å². The van der Waals surface area contributed by atoms with Gasteiger partial charge < -0.3 is 10.4 Å². The Balaban J connectivity index is 1.08. The van der Waals surface area contributed by atoms with Gasteiger partial charge in [0.15, 0.2) is 6.23 Å². The maximum absolute atomic E-state index is 13.4. The lowest BCUT2D eigenvalue weighted by Gasteiger charge is -2.32. The number of hydrogen-bond acceptors (Lipinski definition) is 7. The second-order valence-electron chi connectivity index (χ2n) is 10.5. The highest BCUT2D eigenvalue weighted by Gasteiger charge is 2.45. The minimum atomic E-state index is -1.24. The van der Waals surface area contributed by atoms with E-state index in [1.54, 1.807) is 18.2 Å². The van der Waals surface area contributed by atoms with Crippen molar-refractivity contribution in [3.8, 4) is 0 Å². The van der Waals surface area contributed by atoms with Crippen LogP contribution in [0.15, 0.2) is 60.9 Å². The van der Waals surface area contributed by atoms with E-state index in [0.717, 1.165) is 38.0 Å². The predicted molar refractivity (Wildman–Crippen MR) is 143 cm³/mol. The Labute approximate surface area is 226 Å². The van der Waals surface area contributed by atoms with Crippen molar-refractivity contribution in [1.82, 2.24) is 24.9 Å². The Hall–Kier alpha value is -4.02. The number of aliphatic hydroxyl groups excluding tert-OH is 1. The number of fused-ring (bicyclic) bond motifs is 1. The van der Waals surface area contributed by atoms with Crippen LogP contribution >= 0.6 is 0 Å². The topological polar surface area (TPSA) is 120 Å². The molecule has 1 aromatic heterocycles. The molecule has 4 heterocycles. The lowest BCUT2D eigenvalue weighted by Crippen LogP contribution is -2.53. The van der Waals surface area contributed by atoms with E-state index >= 15 is 0 Å². The van der Waals surface area contributed by atoms with Crippen LogP contribution in [-0.4, -0.2) is 61.5 Å². The lowest BCUT2D eigenvalue weighted by atomic mass is 10.0. The summed E-state index contributed by atoms with van der Waals surface area (Å²) in [6.07, 6.45) is 5.05. The first kappa shape index (κ1) is 25.3. The van der Waals surface area contributed by atoms with Gasteiger partial charge in [0.25, 0.3) is 5.91 Å². The van der Waals surface area contributed by atoms with Gasteiger partial charge in [-0.3, -0.25) is 34.2 Å². The molecule has 202 valence electrons. The summed E-state index contributed by atoms with van der Waals surface area (Å²) in [5, 5.41) is 21.1. The highest BCUT2D eigenvalue weighted by Crippen LogP contribution is 2.39. The molecule has 3 aliphatic rings. The Morgan fingerprint density at radius 3 is 2.54 bits per heavy atom. The maximum atomic E-state index is 13.4. The molecular weight excluding hydrogens is 496 g/mol. The lowest BCUT2D eigenvalue weighted by molar-refractivity contribution is -0.139. The highest BCUT2D eigenvalue weighted by molar-refractivity contribution is 6.08. The summed E-state index contributed by atoms with van der Waals surface area (Å²) in [6.45, 7) is 3.48. The summed E-state index contributed by atoms with van der Waals surface area (Å²) in [5.74, 6) is -1.34. The number of aliphatic hydroxyl groups is 1. The van der Waals surface area contributed by atoms with Gasteiger partial charge in [-0.1, -0.05) is 42.5 Å². The smallest absolute Gasteiger partial charge is 0.259 e. The summed E-state index contributed by atoms with van der Waals surface area (Å²) in [7, 11) is 0. The highest BCUT2D eigenvalue weighted by atomic mass is 16.3. The van der Waals surface area contributed by atoms with Gasteiger partial charge in [-0.25, -0.2) is 0 Å². The molecule has 10 nitrogen and oxygen atoms in total. The molecule has 2 unspecified atom stereocenters. The summed E-state index contributed by atoms with van der Waals surface area (Å²) in [4.78, 5) is 41.0. The number of benzene rings is 2. The van der Waals surface area contributed by atoms with E-state index in [-0.39, 0.29) is 18.7 Å². The number of nitrogens with zero attached hydrogens (tertiary/aromatic N) is 4. The number of carbonyl (C=O) groups excluding carboxylic acids is 3. The van der Waals surface area contributed by atoms with Crippen LogP contribution in [0.3, 0.4) is 0 Å². The van der Waals surface area contributed by atoms with Crippen LogP contribution in [0.5, 0.6) is 0 Å². The third kappa shape index (κ3) is 5.05. The molecule has 39 heavy (non-hydrogen) atoms. The molecule has 3 amide bonds. The maximum Gasteiger partial charge on any atom is 0.259 e. The Bertz CT molecular complexity index is 1380. The van der Waals surface area contributed by atoms with E-state index in [1.165, 1.54) is 10.5 Å². The van der Waals surface area contributed by atoms with Crippen molar-refractivity contribution < 1.29 is 19.5 Å². The Kier molecular flexibility index (Phi) is 6.88. The molecule has 2 aromatic carbocycles. The molecule has 0 bridgehead atoms. The molecule has 6 rings (SSSR count). The summed E-state index contributed by atoms with van der Waals surface area (Å²) >= 11 is 0. The number of rotatable bonds is 7. The van der Waals surface area contributed by atoms with Gasteiger partial charge in [-0.15, -0.1) is 0 Å². The number of anilines is 1. The third-order valence-electron chi connectivity index (χ3n) is 7.95. The molecule has 10 heteroatoms. The molecule has 2 saturated heterocycles. The number of likely N-dealkylation sites (tertiary alicyclic amines) is 1. The van der Waals surface area contributed by atoms with Crippen LogP contribution in [0, 0.1) is 0 Å². The second kappa shape index (κ2) is 10.6. The summed E-state index contributed by atoms with van der Waals surface area (Å²) in [5.41, 5.74) is 3.73. The van der Waals surface area contributed by atoms with Gasteiger partial charge >= 0.3 is 0 Å². The summed E-state index contributed by atoms with van der Waals surface area (Å²) < 4.78 is 2.05. The average Bonchev–Trinajstić information content (AvgIpc) is 3.52. The van der Waals surface area contributed by atoms with Crippen molar-refractivity contribution in [2.45, 2.75) is 57.1 Å². The number of nitrogens with one attached hydrogen (secondary N) is 2. The van der Waals surface area contributed by atoms with E-state index in [2.05, 4.69) is 51.1 Å². The zero-order chi connectivity index (χ0) is 26.9. The van der Waals surface area contributed by atoms with Crippen LogP contribution in [-0.2, 0) is 22.7 Å². The molecule has 3 N–H and O–H groups in total. The average molecular weight is 529 g/mol. The fourth-order valence-electron chi connectivity index (χ4n) is 5.87. The van der Waals surface area contributed by atoms with Crippen molar-refractivity contribution in [3.05, 3.63) is 83.2 Å². The zero-order valence-electron chi connectivity index (χ0n) is 21.6. The van der Waals surface area contributed by atoms with Gasteiger partial charge in [0.05, 0.1) is 17.8 Å². The first-order valence-corrected chi connectivity index (χ1v) is 13.5. The number of piperidine rings is 2. The SMILES string of the molecule is O=C1CCC(N2C(=O)c3c(NCc4cnn(C5CCN(Cc6ccccc6)CC5)c4)cccc3C2O)C(=O)N1. The number of imide groups is 1. The van der Waals surface area contributed by atoms with Crippen molar-refractivity contribution in [3.63, 3.8) is 0 Å². The van der Waals surface area contributed by atoms with Gasteiger partial charge in [0, 0.05) is 55.6 Å². The fourth-order valence-corrected chi connectivity index (χ4v) is 5.87. The minimum absolute atomic E-state index is 0.129. The van der Waals surface area contributed by atoms with Gasteiger partial charge in [0.1, 0.15) is 6.04 Å². The van der Waals surface area contributed by atoms with E-state index in [4.69, 9.17) is 0 Å². The first-order valence-electron chi connectivity index (χ1n) is 13.5. The van der Waals surface area contributed by atoms with Crippen LogP contribution < -0.4 is 10.6 Å². The third-order valence-corrected chi connectivity index (χ3v) is 7.95. The molecule has 0 saturated carbocycles. The van der Waals surface area contributed by atoms with Crippen LogP contribution in [0.4, 0.5) is 5.69 Å². The van der Waals surface area contributed by atoms with E-state index in [9.17, 15) is 19.5 Å². The van der Waals surface area contributed by atoms with E-state index < -0.39 is 24.1 Å². The first-order chi connectivity index (χ1) is 19.0. The van der Waals surface area contributed by atoms with Gasteiger partial charge in [0.2, 0.25) is 11.8 Å². The fraction of sp³-hybridized carbons (Fsp3) is 0.379. The normalized spacial score (nSPS) is 22.2. The Morgan fingerprint density at radius 1 is 0.974 bits per heavy atom. The molecule has 2 fully saturated rings.